The molecule has 0 saturated carbocycles. The summed E-state index contributed by atoms with van der Waals surface area (Å²) < 4.78 is 0. The minimum absolute atomic E-state index is 0.650. The molecule has 0 bridgehead atoms. The first-order chi connectivity index (χ1) is 17.3. The van der Waals surface area contributed by atoms with E-state index in [1.54, 1.807) is 6.08 Å². The molecule has 0 aromatic heterocycles. The van der Waals surface area contributed by atoms with Crippen molar-refractivity contribution in [1.29, 1.82) is 0 Å². The van der Waals surface area contributed by atoms with E-state index in [1.165, 1.54) is 120 Å². The fourth-order valence-corrected chi connectivity index (χ4v) is 4.62. The molecule has 0 unspecified atom stereocenters. The number of rotatable bonds is 21. The van der Waals surface area contributed by atoms with Gasteiger partial charge in [0.25, 0.3) is 0 Å². The third kappa shape index (κ3) is 14.6. The lowest BCUT2D eigenvalue weighted by atomic mass is 10.0. The monoisotopic (exact) mass is 476 g/mol. The maximum Gasteiger partial charge on any atom is 0.240 e. The molecule has 0 heterocycles. The van der Waals surface area contributed by atoms with E-state index in [4.69, 9.17) is 0 Å². The molecule has 3 heteroatoms. The highest BCUT2D eigenvalue weighted by atomic mass is 16.1. The average molecular weight is 477 g/mol. The van der Waals surface area contributed by atoms with Gasteiger partial charge in [0.15, 0.2) is 0 Å². The summed E-state index contributed by atoms with van der Waals surface area (Å²) in [6.45, 7) is 3.34. The van der Waals surface area contributed by atoms with Crippen LogP contribution in [-0.2, 0) is 11.2 Å². The van der Waals surface area contributed by atoms with Gasteiger partial charge in [-0.2, -0.15) is 4.99 Å². The fraction of sp³-hybridized carbons (Fsp3) is 0.594. The number of benzene rings is 2. The molecule has 0 amide bonds. The van der Waals surface area contributed by atoms with E-state index in [2.05, 4.69) is 41.5 Å². The maximum absolute atomic E-state index is 10.3. The summed E-state index contributed by atoms with van der Waals surface area (Å²) in [6.07, 6.45) is 25.0. The van der Waals surface area contributed by atoms with Gasteiger partial charge >= 0.3 is 0 Å². The molecule has 0 radical (unpaired) electrons. The van der Waals surface area contributed by atoms with Gasteiger partial charge in [-0.25, -0.2) is 4.79 Å². The molecule has 192 valence electrons. The average Bonchev–Trinajstić information content (AvgIpc) is 2.88. The van der Waals surface area contributed by atoms with Gasteiger partial charge in [-0.1, -0.05) is 128 Å². The summed E-state index contributed by atoms with van der Waals surface area (Å²) in [5, 5.41) is 3.56. The van der Waals surface area contributed by atoms with Crippen molar-refractivity contribution < 1.29 is 4.79 Å². The third-order valence-electron chi connectivity index (χ3n) is 6.83. The first-order valence-electron chi connectivity index (χ1n) is 14.3. The Hall–Kier alpha value is -2.38. The Morgan fingerprint density at radius 1 is 0.600 bits per heavy atom. The second-order valence-electron chi connectivity index (χ2n) is 9.97. The van der Waals surface area contributed by atoms with E-state index in [9.17, 15) is 4.79 Å². The molecule has 1 N–H and O–H groups in total. The molecular weight excluding hydrogens is 428 g/mol. The number of hydrogen-bond donors (Lipinski definition) is 1. The lowest BCUT2D eigenvalue weighted by molar-refractivity contribution is 0.530. The minimum atomic E-state index is 0.650. The van der Waals surface area contributed by atoms with Crippen LogP contribution < -0.4 is 5.32 Å². The Labute approximate surface area is 214 Å². The van der Waals surface area contributed by atoms with Gasteiger partial charge in [-0.15, -0.1) is 0 Å². The van der Waals surface area contributed by atoms with Crippen molar-refractivity contribution in [3.8, 4) is 0 Å². The highest BCUT2D eigenvalue weighted by molar-refractivity contribution is 5.50. The van der Waals surface area contributed by atoms with Crippen LogP contribution in [0.1, 0.15) is 121 Å². The fourth-order valence-electron chi connectivity index (χ4n) is 4.62. The number of nitrogens with zero attached hydrogens (tertiary/aromatic N) is 1. The van der Waals surface area contributed by atoms with Crippen molar-refractivity contribution in [2.45, 2.75) is 116 Å². The normalized spacial score (nSPS) is 10.8. The second-order valence-corrected chi connectivity index (χ2v) is 9.97. The molecule has 2 aromatic rings. The van der Waals surface area contributed by atoms with Crippen LogP contribution in [0.5, 0.6) is 0 Å². The Bertz CT molecular complexity index is 806. The van der Waals surface area contributed by atoms with Crippen molar-refractivity contribution in [1.82, 2.24) is 0 Å². The summed E-state index contributed by atoms with van der Waals surface area (Å²) in [5.41, 5.74) is 4.34. The zero-order valence-corrected chi connectivity index (χ0v) is 22.2. The lowest BCUT2D eigenvalue weighted by Crippen LogP contribution is -2.01. The van der Waals surface area contributed by atoms with E-state index < -0.39 is 0 Å². The molecule has 0 saturated heterocycles. The number of anilines is 1. The van der Waals surface area contributed by atoms with Gasteiger partial charge in [0.2, 0.25) is 6.08 Å². The number of isocyanates is 1. The van der Waals surface area contributed by atoms with Crippen molar-refractivity contribution in [3.63, 3.8) is 0 Å². The topological polar surface area (TPSA) is 41.5 Å². The van der Waals surface area contributed by atoms with Crippen LogP contribution in [0.4, 0.5) is 11.4 Å². The van der Waals surface area contributed by atoms with Crippen molar-refractivity contribution in [3.05, 3.63) is 59.7 Å². The van der Waals surface area contributed by atoms with Gasteiger partial charge in [0.1, 0.15) is 0 Å². The van der Waals surface area contributed by atoms with E-state index >= 15 is 0 Å². The minimum Gasteiger partial charge on any atom is -0.385 e. The Morgan fingerprint density at radius 3 is 1.49 bits per heavy atom. The first kappa shape index (κ1) is 28.9. The predicted molar refractivity (Wildman–Crippen MR) is 152 cm³/mol. The van der Waals surface area contributed by atoms with Gasteiger partial charge < -0.3 is 5.32 Å². The van der Waals surface area contributed by atoms with Crippen LogP contribution in [0.2, 0.25) is 0 Å². The predicted octanol–water partition coefficient (Wildman–Crippen LogP) is 9.92. The van der Waals surface area contributed by atoms with E-state index in [0.717, 1.165) is 13.0 Å². The Kier molecular flexibility index (Phi) is 16.4. The van der Waals surface area contributed by atoms with Crippen molar-refractivity contribution in [2.75, 3.05) is 11.9 Å². The van der Waals surface area contributed by atoms with Crippen molar-refractivity contribution >= 4 is 17.5 Å². The molecular formula is C32H48N2O. The van der Waals surface area contributed by atoms with E-state index in [1.807, 2.05) is 24.3 Å². The smallest absolute Gasteiger partial charge is 0.240 e. The van der Waals surface area contributed by atoms with Gasteiger partial charge in [-0.05, 0) is 48.2 Å². The molecule has 2 aromatic carbocycles. The van der Waals surface area contributed by atoms with Crippen LogP contribution in [0.25, 0.3) is 0 Å². The molecule has 0 fully saturated rings. The van der Waals surface area contributed by atoms with Gasteiger partial charge in [-0.3, -0.25) is 0 Å². The van der Waals surface area contributed by atoms with Crippen LogP contribution in [-0.4, -0.2) is 12.6 Å². The van der Waals surface area contributed by atoms with Crippen LogP contribution in [0, 0.1) is 0 Å². The highest BCUT2D eigenvalue weighted by Crippen LogP contribution is 2.18. The van der Waals surface area contributed by atoms with Crippen LogP contribution >= 0.6 is 0 Å². The largest absolute Gasteiger partial charge is 0.385 e. The molecule has 0 aliphatic carbocycles. The summed E-state index contributed by atoms with van der Waals surface area (Å²) in [7, 11) is 0. The number of nitrogens with one attached hydrogen (secondary N) is 1. The van der Waals surface area contributed by atoms with Crippen molar-refractivity contribution in [2.24, 2.45) is 4.99 Å². The maximum atomic E-state index is 10.3. The number of aliphatic imine (C=N–C) groups is 1. The SMILES string of the molecule is CCCCCCCCCCCCCCCCCCNc1ccc(Cc2ccc(N=C=O)cc2)cc1. The van der Waals surface area contributed by atoms with Crippen LogP contribution in [0.3, 0.4) is 0 Å². The molecule has 2 rings (SSSR count). The summed E-state index contributed by atoms with van der Waals surface area (Å²) in [4.78, 5) is 14.0. The number of carbonyl (C=O) groups excluding carboxylic acids is 1. The summed E-state index contributed by atoms with van der Waals surface area (Å²) in [6, 6.07) is 16.5. The summed E-state index contributed by atoms with van der Waals surface area (Å²) >= 11 is 0. The molecule has 0 spiro atoms. The van der Waals surface area contributed by atoms with E-state index in [0.29, 0.717) is 5.69 Å². The zero-order chi connectivity index (χ0) is 24.8. The molecule has 3 nitrogen and oxygen atoms in total. The van der Waals surface area contributed by atoms with E-state index in [-0.39, 0.29) is 0 Å². The van der Waals surface area contributed by atoms with Gasteiger partial charge in [0, 0.05) is 12.2 Å². The zero-order valence-electron chi connectivity index (χ0n) is 22.2. The molecule has 0 aliphatic heterocycles. The third-order valence-corrected chi connectivity index (χ3v) is 6.83. The lowest BCUT2D eigenvalue weighted by Gasteiger charge is -2.08. The number of hydrogen-bond acceptors (Lipinski definition) is 3. The molecule has 35 heavy (non-hydrogen) atoms. The standard InChI is InChI=1S/C32H48N2O/c1-2-3-4-5-6-7-8-9-10-11-12-13-14-15-16-17-26-33-31-22-18-29(19-23-31)27-30-20-24-32(25-21-30)34-28-35/h18-25,33H,2-17,26-27H2,1H3. The quantitative estimate of drug-likeness (QED) is 0.111. The Morgan fingerprint density at radius 2 is 1.03 bits per heavy atom. The number of unbranched alkanes of at least 4 members (excludes halogenated alkanes) is 15. The highest BCUT2D eigenvalue weighted by Gasteiger charge is 1.99. The van der Waals surface area contributed by atoms with Gasteiger partial charge in [0.05, 0.1) is 5.69 Å². The first-order valence-corrected chi connectivity index (χ1v) is 14.3. The second kappa shape index (κ2) is 19.9. The molecule has 0 atom stereocenters. The molecule has 0 aliphatic rings. The van der Waals surface area contributed by atoms with Crippen LogP contribution in [0.15, 0.2) is 53.5 Å². The summed E-state index contributed by atoms with van der Waals surface area (Å²) in [5.74, 6) is 0. The Balaban J connectivity index is 1.40.